The number of esters is 1. The van der Waals surface area contributed by atoms with Crippen LogP contribution in [-0.2, 0) is 16.0 Å². The number of ether oxygens (including phenoxy) is 1. The zero-order valence-electron chi connectivity index (χ0n) is 13.3. The fourth-order valence-electron chi connectivity index (χ4n) is 3.12. The summed E-state index contributed by atoms with van der Waals surface area (Å²) in [6.45, 7) is 2.67. The predicted molar refractivity (Wildman–Crippen MR) is 90.5 cm³/mol. The Balaban J connectivity index is 1.50. The zero-order valence-corrected chi connectivity index (χ0v) is 13.3. The number of piperidine rings is 1. The number of aromatic hydroxyl groups is 1. The second-order valence-corrected chi connectivity index (χ2v) is 6.25. The standard InChI is InChI=1S/C19H23NO3/c21-18-4-3-16-11-15(1-2-17(16)13-18)12-19(22)23-10-7-14-5-8-20-9-6-14/h1-4,11,13-14,20-21H,5-10,12H2. The van der Waals surface area contributed by atoms with Crippen LogP contribution in [-0.4, -0.2) is 30.8 Å². The van der Waals surface area contributed by atoms with Crippen LogP contribution in [0, 0.1) is 5.92 Å². The molecule has 1 aliphatic heterocycles. The summed E-state index contributed by atoms with van der Waals surface area (Å²) in [6.07, 6.45) is 3.61. The highest BCUT2D eigenvalue weighted by atomic mass is 16.5. The summed E-state index contributed by atoms with van der Waals surface area (Å²) in [5, 5.41) is 14.8. The van der Waals surface area contributed by atoms with Crippen LogP contribution >= 0.6 is 0 Å². The molecular formula is C19H23NO3. The van der Waals surface area contributed by atoms with Gasteiger partial charge in [-0.05, 0) is 66.7 Å². The summed E-state index contributed by atoms with van der Waals surface area (Å²) in [5.41, 5.74) is 0.940. The quantitative estimate of drug-likeness (QED) is 0.833. The minimum absolute atomic E-state index is 0.169. The Hall–Kier alpha value is -2.07. The van der Waals surface area contributed by atoms with Crippen LogP contribution in [0.4, 0.5) is 0 Å². The van der Waals surface area contributed by atoms with E-state index in [0.717, 1.165) is 35.8 Å². The highest BCUT2D eigenvalue weighted by Gasteiger charge is 2.13. The molecule has 122 valence electrons. The summed E-state index contributed by atoms with van der Waals surface area (Å²) < 4.78 is 5.38. The number of benzene rings is 2. The highest BCUT2D eigenvalue weighted by molar-refractivity contribution is 5.85. The molecular weight excluding hydrogens is 290 g/mol. The highest BCUT2D eigenvalue weighted by Crippen LogP contribution is 2.21. The van der Waals surface area contributed by atoms with Gasteiger partial charge in [-0.3, -0.25) is 4.79 Å². The van der Waals surface area contributed by atoms with Crippen LogP contribution in [0.2, 0.25) is 0 Å². The molecule has 0 spiro atoms. The van der Waals surface area contributed by atoms with E-state index in [1.165, 1.54) is 12.8 Å². The average Bonchev–Trinajstić information content (AvgIpc) is 2.56. The molecule has 23 heavy (non-hydrogen) atoms. The normalized spacial score (nSPS) is 15.7. The van der Waals surface area contributed by atoms with Gasteiger partial charge >= 0.3 is 5.97 Å². The first kappa shape index (κ1) is 15.8. The maximum Gasteiger partial charge on any atom is 0.310 e. The Bertz CT molecular complexity index is 677. The van der Waals surface area contributed by atoms with Crippen LogP contribution in [0.15, 0.2) is 36.4 Å². The molecule has 0 unspecified atom stereocenters. The number of fused-ring (bicyclic) bond motifs is 1. The molecule has 0 aromatic heterocycles. The van der Waals surface area contributed by atoms with Gasteiger partial charge in [-0.25, -0.2) is 0 Å². The van der Waals surface area contributed by atoms with Gasteiger partial charge < -0.3 is 15.2 Å². The molecule has 0 bridgehead atoms. The fourth-order valence-corrected chi connectivity index (χ4v) is 3.12. The Kier molecular flexibility index (Phi) is 5.13. The Morgan fingerprint density at radius 3 is 2.70 bits per heavy atom. The largest absolute Gasteiger partial charge is 0.508 e. The zero-order chi connectivity index (χ0) is 16.1. The third-order valence-corrected chi connectivity index (χ3v) is 4.48. The molecule has 0 radical (unpaired) electrons. The molecule has 1 saturated heterocycles. The summed E-state index contributed by atoms with van der Waals surface area (Å²) in [4.78, 5) is 12.0. The van der Waals surface area contributed by atoms with Gasteiger partial charge in [-0.2, -0.15) is 0 Å². The number of rotatable bonds is 5. The molecule has 1 fully saturated rings. The van der Waals surface area contributed by atoms with Crippen molar-refractivity contribution in [3.05, 3.63) is 42.0 Å². The maximum atomic E-state index is 12.0. The van der Waals surface area contributed by atoms with Gasteiger partial charge in [-0.1, -0.05) is 24.3 Å². The van der Waals surface area contributed by atoms with E-state index in [1.54, 1.807) is 12.1 Å². The van der Waals surface area contributed by atoms with Gasteiger partial charge in [0.2, 0.25) is 0 Å². The summed E-state index contributed by atoms with van der Waals surface area (Å²) >= 11 is 0. The molecule has 2 N–H and O–H groups in total. The van der Waals surface area contributed by atoms with Crippen LogP contribution in [0.5, 0.6) is 5.75 Å². The molecule has 2 aromatic rings. The average molecular weight is 313 g/mol. The van der Waals surface area contributed by atoms with Crippen molar-refractivity contribution in [1.82, 2.24) is 5.32 Å². The van der Waals surface area contributed by atoms with Gasteiger partial charge in [-0.15, -0.1) is 0 Å². The van der Waals surface area contributed by atoms with Crippen LogP contribution in [0.1, 0.15) is 24.8 Å². The number of carbonyl (C=O) groups excluding carboxylic acids is 1. The van der Waals surface area contributed by atoms with E-state index < -0.39 is 0 Å². The van der Waals surface area contributed by atoms with Gasteiger partial charge in [0, 0.05) is 0 Å². The first-order chi connectivity index (χ1) is 11.2. The molecule has 3 rings (SSSR count). The monoisotopic (exact) mass is 313 g/mol. The molecule has 0 aliphatic carbocycles. The van der Waals surface area contributed by atoms with Crippen molar-refractivity contribution in [3.63, 3.8) is 0 Å². The van der Waals surface area contributed by atoms with Crippen molar-refractivity contribution in [1.29, 1.82) is 0 Å². The number of nitrogens with one attached hydrogen (secondary N) is 1. The van der Waals surface area contributed by atoms with E-state index in [1.807, 2.05) is 24.3 Å². The second kappa shape index (κ2) is 7.47. The summed E-state index contributed by atoms with van der Waals surface area (Å²) in [5.74, 6) is 0.761. The lowest BCUT2D eigenvalue weighted by molar-refractivity contribution is -0.143. The number of hydrogen-bond acceptors (Lipinski definition) is 4. The first-order valence-corrected chi connectivity index (χ1v) is 8.29. The van der Waals surface area contributed by atoms with Crippen molar-refractivity contribution >= 4 is 16.7 Å². The predicted octanol–water partition coefficient (Wildman–Crippen LogP) is 3.02. The Morgan fingerprint density at radius 2 is 1.87 bits per heavy atom. The van der Waals surface area contributed by atoms with Crippen molar-refractivity contribution in [3.8, 4) is 5.75 Å². The van der Waals surface area contributed by atoms with E-state index in [-0.39, 0.29) is 11.7 Å². The molecule has 0 amide bonds. The molecule has 1 heterocycles. The third-order valence-electron chi connectivity index (χ3n) is 4.48. The number of phenolic OH excluding ortho intramolecular Hbond substituents is 1. The van der Waals surface area contributed by atoms with Crippen LogP contribution in [0.3, 0.4) is 0 Å². The van der Waals surface area contributed by atoms with Gasteiger partial charge in [0.15, 0.2) is 0 Å². The lowest BCUT2D eigenvalue weighted by atomic mass is 9.95. The molecule has 2 aromatic carbocycles. The molecule has 0 saturated carbocycles. The van der Waals surface area contributed by atoms with Gasteiger partial charge in [0.25, 0.3) is 0 Å². The topological polar surface area (TPSA) is 58.6 Å². The summed E-state index contributed by atoms with van der Waals surface area (Å²) in [7, 11) is 0. The number of carbonyl (C=O) groups is 1. The molecule has 1 aliphatic rings. The van der Waals surface area contributed by atoms with E-state index in [0.29, 0.717) is 18.9 Å². The van der Waals surface area contributed by atoms with Crippen molar-refractivity contribution in [2.24, 2.45) is 5.92 Å². The summed E-state index contributed by atoms with van der Waals surface area (Å²) in [6, 6.07) is 11.0. The Labute approximate surface area is 136 Å². The second-order valence-electron chi connectivity index (χ2n) is 6.25. The van der Waals surface area contributed by atoms with Crippen molar-refractivity contribution < 1.29 is 14.6 Å². The van der Waals surface area contributed by atoms with E-state index in [2.05, 4.69) is 5.32 Å². The minimum Gasteiger partial charge on any atom is -0.508 e. The van der Waals surface area contributed by atoms with E-state index >= 15 is 0 Å². The lowest BCUT2D eigenvalue weighted by Crippen LogP contribution is -2.28. The number of hydrogen-bond donors (Lipinski definition) is 2. The van der Waals surface area contributed by atoms with Gasteiger partial charge in [0.1, 0.15) is 5.75 Å². The molecule has 4 heteroatoms. The Morgan fingerprint density at radius 1 is 1.13 bits per heavy atom. The van der Waals surface area contributed by atoms with Gasteiger partial charge in [0.05, 0.1) is 13.0 Å². The van der Waals surface area contributed by atoms with Crippen molar-refractivity contribution in [2.75, 3.05) is 19.7 Å². The SMILES string of the molecule is O=C(Cc1ccc2cc(O)ccc2c1)OCCC1CCNCC1. The maximum absolute atomic E-state index is 12.0. The smallest absolute Gasteiger partial charge is 0.310 e. The van der Waals surface area contributed by atoms with E-state index in [4.69, 9.17) is 4.74 Å². The lowest BCUT2D eigenvalue weighted by Gasteiger charge is -2.22. The van der Waals surface area contributed by atoms with Crippen molar-refractivity contribution in [2.45, 2.75) is 25.7 Å². The molecule has 4 nitrogen and oxygen atoms in total. The molecule has 0 atom stereocenters. The van der Waals surface area contributed by atoms with Crippen LogP contribution < -0.4 is 5.32 Å². The van der Waals surface area contributed by atoms with Crippen LogP contribution in [0.25, 0.3) is 10.8 Å². The third kappa shape index (κ3) is 4.45. The fraction of sp³-hybridized carbons (Fsp3) is 0.421. The van der Waals surface area contributed by atoms with E-state index in [9.17, 15) is 9.90 Å². The minimum atomic E-state index is -0.169. The number of phenols is 1. The first-order valence-electron chi connectivity index (χ1n) is 8.29.